The van der Waals surface area contributed by atoms with E-state index < -0.39 is 0 Å². The number of nitrogens with two attached hydrogens (primary N) is 1. The standard InChI is InChI=1S/C18H27N3O.HI/c19-18(21-15-8-2-1-3-9-15)20-13-14-7-4-5-12-17(14)22-16-10-6-11-16;/h4-5,7,12,15-16H,1-3,6,8-11,13H2,(H3,19,20,21);1H. The average Bonchev–Trinajstić information content (AvgIpc) is 2.51. The summed E-state index contributed by atoms with van der Waals surface area (Å²) in [5.41, 5.74) is 7.15. The zero-order valence-electron chi connectivity index (χ0n) is 13.7. The number of benzene rings is 1. The molecule has 0 bridgehead atoms. The first-order chi connectivity index (χ1) is 10.8. The van der Waals surface area contributed by atoms with Crippen molar-refractivity contribution in [2.24, 2.45) is 10.7 Å². The van der Waals surface area contributed by atoms with Gasteiger partial charge in [0, 0.05) is 11.6 Å². The first-order valence-corrected chi connectivity index (χ1v) is 8.62. The Morgan fingerprint density at radius 3 is 2.52 bits per heavy atom. The molecule has 0 unspecified atom stereocenters. The van der Waals surface area contributed by atoms with Gasteiger partial charge in [0.2, 0.25) is 0 Å². The van der Waals surface area contributed by atoms with Gasteiger partial charge in [0.25, 0.3) is 0 Å². The van der Waals surface area contributed by atoms with E-state index in [0.717, 1.165) is 11.3 Å². The maximum atomic E-state index is 6.04. The predicted octanol–water partition coefficient (Wildman–Crippen LogP) is 3.97. The Bertz CT molecular complexity index is 511. The van der Waals surface area contributed by atoms with Gasteiger partial charge in [0.1, 0.15) is 5.75 Å². The van der Waals surface area contributed by atoms with E-state index in [1.54, 1.807) is 0 Å². The minimum atomic E-state index is 0. The van der Waals surface area contributed by atoms with Crippen LogP contribution in [-0.4, -0.2) is 18.1 Å². The largest absolute Gasteiger partial charge is 0.490 e. The Morgan fingerprint density at radius 2 is 1.83 bits per heavy atom. The third-order valence-corrected chi connectivity index (χ3v) is 4.70. The molecule has 2 aliphatic rings. The number of nitrogens with zero attached hydrogens (tertiary/aromatic N) is 1. The molecule has 128 valence electrons. The molecule has 0 aliphatic heterocycles. The van der Waals surface area contributed by atoms with Gasteiger partial charge in [0.15, 0.2) is 5.96 Å². The third kappa shape index (κ3) is 5.55. The zero-order valence-corrected chi connectivity index (χ0v) is 16.0. The number of para-hydroxylation sites is 1. The Balaban J connectivity index is 0.00000192. The number of aliphatic imine (C=N–C) groups is 1. The number of nitrogens with one attached hydrogen (secondary N) is 1. The zero-order chi connectivity index (χ0) is 15.2. The fraction of sp³-hybridized carbons (Fsp3) is 0.611. The van der Waals surface area contributed by atoms with Gasteiger partial charge in [-0.05, 0) is 38.2 Å². The van der Waals surface area contributed by atoms with E-state index >= 15 is 0 Å². The highest BCUT2D eigenvalue weighted by molar-refractivity contribution is 14.0. The van der Waals surface area contributed by atoms with Crippen LogP contribution in [-0.2, 0) is 6.54 Å². The lowest BCUT2D eigenvalue weighted by Gasteiger charge is -2.27. The molecule has 0 heterocycles. The van der Waals surface area contributed by atoms with Crippen LogP contribution in [0.25, 0.3) is 0 Å². The maximum absolute atomic E-state index is 6.04. The number of halogens is 1. The molecule has 0 spiro atoms. The summed E-state index contributed by atoms with van der Waals surface area (Å²) in [5.74, 6) is 1.52. The van der Waals surface area contributed by atoms with Crippen molar-refractivity contribution in [3.63, 3.8) is 0 Å². The SMILES string of the molecule is I.NC(=NCc1ccccc1OC1CCC1)NC1CCCCC1. The Morgan fingerprint density at radius 1 is 1.09 bits per heavy atom. The average molecular weight is 429 g/mol. The van der Waals surface area contributed by atoms with Crippen molar-refractivity contribution in [3.8, 4) is 5.75 Å². The van der Waals surface area contributed by atoms with Crippen molar-refractivity contribution in [2.45, 2.75) is 70.1 Å². The van der Waals surface area contributed by atoms with E-state index in [4.69, 9.17) is 10.5 Å². The molecular formula is C18H28IN3O. The van der Waals surface area contributed by atoms with Crippen molar-refractivity contribution in [1.29, 1.82) is 0 Å². The van der Waals surface area contributed by atoms with Crippen LogP contribution in [0.5, 0.6) is 5.75 Å². The quantitative estimate of drug-likeness (QED) is 0.423. The summed E-state index contributed by atoms with van der Waals surface area (Å²) in [6.07, 6.45) is 10.4. The van der Waals surface area contributed by atoms with E-state index in [1.165, 1.54) is 51.4 Å². The minimum absolute atomic E-state index is 0. The summed E-state index contributed by atoms with van der Waals surface area (Å²) >= 11 is 0. The summed E-state index contributed by atoms with van der Waals surface area (Å²) in [7, 11) is 0. The lowest BCUT2D eigenvalue weighted by atomic mass is 9.96. The molecule has 0 atom stereocenters. The van der Waals surface area contributed by atoms with Crippen molar-refractivity contribution in [1.82, 2.24) is 5.32 Å². The second kappa shape index (κ2) is 9.35. The first-order valence-electron chi connectivity index (χ1n) is 8.62. The van der Waals surface area contributed by atoms with Crippen LogP contribution in [0.4, 0.5) is 0 Å². The van der Waals surface area contributed by atoms with Crippen molar-refractivity contribution < 1.29 is 4.74 Å². The molecule has 2 saturated carbocycles. The Kier molecular flexibility index (Phi) is 7.46. The van der Waals surface area contributed by atoms with E-state index in [2.05, 4.69) is 16.4 Å². The number of hydrogen-bond acceptors (Lipinski definition) is 2. The summed E-state index contributed by atoms with van der Waals surface area (Å²) in [5, 5.41) is 3.36. The lowest BCUT2D eigenvalue weighted by molar-refractivity contribution is 0.119. The Hall–Kier alpha value is -0.980. The molecule has 2 aliphatic carbocycles. The van der Waals surface area contributed by atoms with E-state index in [0.29, 0.717) is 24.7 Å². The number of rotatable bonds is 5. The molecule has 3 N–H and O–H groups in total. The monoisotopic (exact) mass is 429 g/mol. The molecule has 1 aromatic rings. The molecule has 0 aromatic heterocycles. The first kappa shape index (κ1) is 18.4. The van der Waals surface area contributed by atoms with E-state index in [-0.39, 0.29) is 24.0 Å². The van der Waals surface area contributed by atoms with Gasteiger partial charge >= 0.3 is 0 Å². The van der Waals surface area contributed by atoms with Gasteiger partial charge in [-0.2, -0.15) is 0 Å². The summed E-state index contributed by atoms with van der Waals surface area (Å²) in [6, 6.07) is 8.66. The number of ether oxygens (including phenoxy) is 1. The van der Waals surface area contributed by atoms with Crippen LogP contribution in [0.2, 0.25) is 0 Å². The maximum Gasteiger partial charge on any atom is 0.189 e. The summed E-state index contributed by atoms with van der Waals surface area (Å²) < 4.78 is 6.03. The fourth-order valence-electron chi connectivity index (χ4n) is 3.09. The van der Waals surface area contributed by atoms with Crippen molar-refractivity contribution in [3.05, 3.63) is 29.8 Å². The third-order valence-electron chi connectivity index (χ3n) is 4.70. The normalized spacial score (nSPS) is 19.6. The highest BCUT2D eigenvalue weighted by Gasteiger charge is 2.20. The molecule has 4 nitrogen and oxygen atoms in total. The van der Waals surface area contributed by atoms with Gasteiger partial charge < -0.3 is 15.8 Å². The summed E-state index contributed by atoms with van der Waals surface area (Å²) in [6.45, 7) is 0.578. The van der Waals surface area contributed by atoms with Gasteiger partial charge in [0.05, 0.1) is 12.6 Å². The van der Waals surface area contributed by atoms with Crippen LogP contribution in [0, 0.1) is 0 Å². The van der Waals surface area contributed by atoms with Crippen LogP contribution in [0.1, 0.15) is 56.9 Å². The molecule has 0 saturated heterocycles. The molecule has 23 heavy (non-hydrogen) atoms. The number of hydrogen-bond donors (Lipinski definition) is 2. The lowest BCUT2D eigenvalue weighted by Crippen LogP contribution is -2.41. The topological polar surface area (TPSA) is 59.6 Å². The second-order valence-electron chi connectivity index (χ2n) is 6.46. The minimum Gasteiger partial charge on any atom is -0.490 e. The number of guanidine groups is 1. The van der Waals surface area contributed by atoms with Crippen LogP contribution in [0.15, 0.2) is 29.3 Å². The highest BCUT2D eigenvalue weighted by Crippen LogP contribution is 2.27. The van der Waals surface area contributed by atoms with E-state index in [9.17, 15) is 0 Å². The van der Waals surface area contributed by atoms with E-state index in [1.807, 2.05) is 18.2 Å². The van der Waals surface area contributed by atoms with Crippen LogP contribution < -0.4 is 15.8 Å². The van der Waals surface area contributed by atoms with Crippen molar-refractivity contribution >= 4 is 29.9 Å². The molecule has 3 rings (SSSR count). The van der Waals surface area contributed by atoms with Crippen LogP contribution in [0.3, 0.4) is 0 Å². The molecule has 2 fully saturated rings. The molecule has 1 aromatic carbocycles. The molecular weight excluding hydrogens is 401 g/mol. The predicted molar refractivity (Wildman–Crippen MR) is 105 cm³/mol. The van der Waals surface area contributed by atoms with Gasteiger partial charge in [-0.15, -0.1) is 24.0 Å². The molecule has 5 heteroatoms. The van der Waals surface area contributed by atoms with Crippen LogP contribution >= 0.6 is 24.0 Å². The molecule has 0 amide bonds. The second-order valence-corrected chi connectivity index (χ2v) is 6.46. The highest BCUT2D eigenvalue weighted by atomic mass is 127. The van der Waals surface area contributed by atoms with Gasteiger partial charge in [-0.3, -0.25) is 0 Å². The summed E-state index contributed by atoms with van der Waals surface area (Å²) in [4.78, 5) is 4.50. The smallest absolute Gasteiger partial charge is 0.189 e. The van der Waals surface area contributed by atoms with Crippen molar-refractivity contribution in [2.75, 3.05) is 0 Å². The van der Waals surface area contributed by atoms with Gasteiger partial charge in [-0.1, -0.05) is 37.5 Å². The van der Waals surface area contributed by atoms with Gasteiger partial charge in [-0.25, -0.2) is 4.99 Å². The fourth-order valence-corrected chi connectivity index (χ4v) is 3.09. The molecule has 0 radical (unpaired) electrons. The Labute approximate surface area is 156 Å².